The Morgan fingerprint density at radius 3 is 1.86 bits per heavy atom. The van der Waals surface area contributed by atoms with Crippen LogP contribution in [0.5, 0.6) is 0 Å². The first kappa shape index (κ1) is 20.0. The van der Waals surface area contributed by atoms with E-state index in [2.05, 4.69) is 35.3 Å². The third-order valence-electron chi connectivity index (χ3n) is 7.82. The van der Waals surface area contributed by atoms with Crippen molar-refractivity contribution in [2.75, 3.05) is 0 Å². The van der Waals surface area contributed by atoms with Crippen LogP contribution in [0.3, 0.4) is 0 Å². The van der Waals surface area contributed by atoms with E-state index in [1.54, 1.807) is 6.21 Å². The van der Waals surface area contributed by atoms with Crippen molar-refractivity contribution >= 4 is 28.9 Å². The Hall–Kier alpha value is -4.43. The number of para-hydroxylation sites is 1. The Morgan fingerprint density at radius 2 is 1.31 bits per heavy atom. The van der Waals surface area contributed by atoms with E-state index < -0.39 is 11.8 Å². The lowest BCUT2D eigenvalue weighted by molar-refractivity contribution is -0.139. The molecule has 168 valence electrons. The molecular weight excluding hydrogens is 434 g/mol. The zero-order valence-corrected chi connectivity index (χ0v) is 18.8. The summed E-state index contributed by atoms with van der Waals surface area (Å²) in [5.41, 5.74) is 6.43. The van der Waals surface area contributed by atoms with Gasteiger partial charge in [0.25, 0.3) is 11.8 Å². The number of rotatable bonds is 3. The lowest BCUT2D eigenvalue weighted by Crippen LogP contribution is -2.41. The number of imide groups is 1. The predicted octanol–water partition coefficient (Wildman–Crippen LogP) is 4.50. The zero-order valence-electron chi connectivity index (χ0n) is 18.8. The van der Waals surface area contributed by atoms with Crippen molar-refractivity contribution in [2.45, 2.75) is 18.4 Å². The van der Waals surface area contributed by atoms with Crippen LogP contribution in [0.1, 0.15) is 39.7 Å². The molecule has 1 saturated heterocycles. The predicted molar refractivity (Wildman–Crippen MR) is 134 cm³/mol. The first-order chi connectivity index (χ1) is 17.2. The molecular formula is C30H21N3O2. The highest BCUT2D eigenvalue weighted by Crippen LogP contribution is 2.60. The number of nitrogens with zero attached hydrogens (tertiary/aromatic N) is 3. The molecule has 35 heavy (non-hydrogen) atoms. The molecule has 1 fully saturated rings. The number of fused-ring (bicyclic) bond motifs is 1. The molecule has 1 aromatic heterocycles. The fraction of sp³-hybridized carbons (Fsp3) is 0.167. The fourth-order valence-corrected chi connectivity index (χ4v) is 6.50. The number of carbonyl (C=O) groups excluding carboxylic acids is 2. The van der Waals surface area contributed by atoms with Crippen LogP contribution in [0.25, 0.3) is 10.9 Å². The van der Waals surface area contributed by atoms with Gasteiger partial charge >= 0.3 is 0 Å². The van der Waals surface area contributed by atoms with Gasteiger partial charge in [-0.05, 0) is 28.3 Å². The van der Waals surface area contributed by atoms with Crippen LogP contribution in [-0.4, -0.2) is 27.6 Å². The quantitative estimate of drug-likeness (QED) is 0.260. The lowest BCUT2D eigenvalue weighted by atomic mass is 9.55. The van der Waals surface area contributed by atoms with Crippen molar-refractivity contribution < 1.29 is 9.59 Å². The molecule has 2 bridgehead atoms. The van der Waals surface area contributed by atoms with Gasteiger partial charge in [0.15, 0.2) is 0 Å². The van der Waals surface area contributed by atoms with Crippen LogP contribution >= 0.6 is 0 Å². The number of terminal acetylenes is 1. The number of hydrogen-bond donors (Lipinski definition) is 0. The Labute approximate surface area is 202 Å². The van der Waals surface area contributed by atoms with Gasteiger partial charge in [0.05, 0.1) is 24.6 Å². The van der Waals surface area contributed by atoms with Crippen molar-refractivity contribution in [3.63, 3.8) is 0 Å². The second-order valence-corrected chi connectivity index (χ2v) is 9.43. The van der Waals surface area contributed by atoms with Crippen LogP contribution in [0.2, 0.25) is 0 Å². The second kappa shape index (κ2) is 7.28. The normalized spacial score (nSPS) is 24.0. The molecule has 0 spiro atoms. The maximum Gasteiger partial charge on any atom is 0.254 e. The van der Waals surface area contributed by atoms with E-state index in [-0.39, 0.29) is 23.7 Å². The maximum atomic E-state index is 13.7. The molecule has 3 aliphatic carbocycles. The molecule has 2 amide bonds. The lowest BCUT2D eigenvalue weighted by Gasteiger charge is -2.45. The minimum atomic E-state index is -0.433. The van der Waals surface area contributed by atoms with Crippen LogP contribution < -0.4 is 0 Å². The van der Waals surface area contributed by atoms with E-state index in [0.717, 1.165) is 43.7 Å². The summed E-state index contributed by atoms with van der Waals surface area (Å²) in [7, 11) is 0. The minimum absolute atomic E-state index is 0.133. The number of benzene rings is 3. The topological polar surface area (TPSA) is 54.7 Å². The van der Waals surface area contributed by atoms with Gasteiger partial charge in [0.1, 0.15) is 0 Å². The van der Waals surface area contributed by atoms with E-state index in [9.17, 15) is 9.59 Å². The largest absolute Gasteiger partial charge is 0.335 e. The Kier molecular flexibility index (Phi) is 4.16. The standard InChI is InChI=1S/C30H21N3O2/c1-2-15-32-17-18(19-9-7-8-14-24(19)32)16-31-33-29(34)27-25-20-10-3-4-11-21(20)26(28(27)30(33)35)23-13-6-5-12-22(23)25/h1,3-14,16-17,25-28H,15H2/b31-16+. The second-order valence-electron chi connectivity index (χ2n) is 9.43. The van der Waals surface area contributed by atoms with Crippen LogP contribution in [-0.2, 0) is 16.1 Å². The number of hydrogen-bond acceptors (Lipinski definition) is 3. The van der Waals surface area contributed by atoms with Gasteiger partial charge in [-0.2, -0.15) is 10.1 Å². The molecule has 3 aromatic carbocycles. The molecule has 4 aliphatic rings. The van der Waals surface area contributed by atoms with Crippen molar-refractivity contribution in [1.29, 1.82) is 0 Å². The van der Waals surface area contributed by atoms with Gasteiger partial charge in [-0.15, -0.1) is 6.42 Å². The van der Waals surface area contributed by atoms with Gasteiger partial charge in [0.2, 0.25) is 0 Å². The van der Waals surface area contributed by atoms with Gasteiger partial charge in [-0.25, -0.2) is 0 Å². The maximum absolute atomic E-state index is 13.7. The average Bonchev–Trinajstić information content (AvgIpc) is 3.37. The van der Waals surface area contributed by atoms with Gasteiger partial charge in [-0.1, -0.05) is 72.7 Å². The number of aromatic nitrogens is 1. The monoisotopic (exact) mass is 455 g/mol. The smallest absolute Gasteiger partial charge is 0.254 e. The van der Waals surface area contributed by atoms with E-state index >= 15 is 0 Å². The SMILES string of the molecule is C#CCn1cc(/C=N/N2C(=O)C3C4c5ccccc5C(c5ccccc54)C3C2=O)c2ccccc21. The van der Waals surface area contributed by atoms with Crippen molar-refractivity contribution in [2.24, 2.45) is 16.9 Å². The third-order valence-corrected chi connectivity index (χ3v) is 7.82. The molecule has 2 atom stereocenters. The molecule has 2 unspecified atom stereocenters. The zero-order chi connectivity index (χ0) is 23.7. The molecule has 8 rings (SSSR count). The number of hydrazone groups is 1. The summed E-state index contributed by atoms with van der Waals surface area (Å²) in [6, 6.07) is 24.4. The van der Waals surface area contributed by atoms with E-state index in [1.807, 2.05) is 59.3 Å². The molecule has 0 radical (unpaired) electrons. The minimum Gasteiger partial charge on any atom is -0.335 e. The number of amides is 2. The first-order valence-corrected chi connectivity index (χ1v) is 11.8. The molecule has 0 N–H and O–H groups in total. The Morgan fingerprint density at radius 1 is 0.800 bits per heavy atom. The summed E-state index contributed by atoms with van der Waals surface area (Å²) in [5, 5.41) is 6.56. The van der Waals surface area contributed by atoms with Crippen molar-refractivity contribution in [3.05, 3.63) is 107 Å². The summed E-state index contributed by atoms with van der Waals surface area (Å²) in [6.45, 7) is 0.431. The van der Waals surface area contributed by atoms with Crippen molar-refractivity contribution in [1.82, 2.24) is 9.58 Å². The summed E-state index contributed by atoms with van der Waals surface area (Å²) in [5.74, 6) is 1.10. The van der Waals surface area contributed by atoms with E-state index in [1.165, 1.54) is 0 Å². The highest BCUT2D eigenvalue weighted by Gasteiger charge is 2.61. The summed E-state index contributed by atoms with van der Waals surface area (Å²) in [4.78, 5) is 27.4. The average molecular weight is 456 g/mol. The highest BCUT2D eigenvalue weighted by atomic mass is 16.2. The highest BCUT2D eigenvalue weighted by molar-refractivity contribution is 6.08. The van der Waals surface area contributed by atoms with Crippen LogP contribution in [0.4, 0.5) is 0 Å². The molecule has 1 aliphatic heterocycles. The van der Waals surface area contributed by atoms with E-state index in [4.69, 9.17) is 6.42 Å². The fourth-order valence-electron chi connectivity index (χ4n) is 6.50. The summed E-state index contributed by atoms with van der Waals surface area (Å²) >= 11 is 0. The Balaban J connectivity index is 1.31. The van der Waals surface area contributed by atoms with Gasteiger partial charge in [-0.3, -0.25) is 9.59 Å². The van der Waals surface area contributed by atoms with Gasteiger partial charge in [0, 0.05) is 34.5 Å². The van der Waals surface area contributed by atoms with Gasteiger partial charge < -0.3 is 4.57 Å². The Bertz CT molecular complexity index is 1510. The summed E-state index contributed by atoms with van der Waals surface area (Å²) < 4.78 is 1.97. The summed E-state index contributed by atoms with van der Waals surface area (Å²) in [6.07, 6.45) is 9.07. The third kappa shape index (κ3) is 2.62. The molecule has 4 aromatic rings. The molecule has 2 heterocycles. The molecule has 0 saturated carbocycles. The molecule has 5 nitrogen and oxygen atoms in total. The molecule has 5 heteroatoms. The van der Waals surface area contributed by atoms with Crippen molar-refractivity contribution in [3.8, 4) is 12.3 Å². The van der Waals surface area contributed by atoms with Crippen LogP contribution in [0, 0.1) is 24.2 Å². The first-order valence-electron chi connectivity index (χ1n) is 11.8. The number of carbonyl (C=O) groups is 2. The van der Waals surface area contributed by atoms with E-state index in [0.29, 0.717) is 6.54 Å². The van der Waals surface area contributed by atoms with Crippen LogP contribution in [0.15, 0.2) is 84.1 Å².